The smallest absolute Gasteiger partial charge is 0.247 e. The van der Waals surface area contributed by atoms with Gasteiger partial charge in [0.25, 0.3) is 0 Å². The number of halogens is 1. The van der Waals surface area contributed by atoms with E-state index >= 15 is 0 Å². The Kier molecular flexibility index (Phi) is 3.57. The molecule has 102 valence electrons. The first-order valence-electron chi connectivity index (χ1n) is 5.92. The highest BCUT2D eigenvalue weighted by Crippen LogP contribution is 2.20. The molecule has 3 aromatic rings. The van der Waals surface area contributed by atoms with E-state index in [0.29, 0.717) is 24.9 Å². The summed E-state index contributed by atoms with van der Waals surface area (Å²) in [7, 11) is 0. The van der Waals surface area contributed by atoms with Crippen LogP contribution in [0.2, 0.25) is 0 Å². The van der Waals surface area contributed by atoms with Crippen LogP contribution in [-0.2, 0) is 13.1 Å². The lowest BCUT2D eigenvalue weighted by molar-refractivity contribution is 0.469. The van der Waals surface area contributed by atoms with Crippen molar-refractivity contribution in [1.29, 1.82) is 0 Å². The molecule has 1 aromatic carbocycles. The quantitative estimate of drug-likeness (QED) is 0.778. The molecule has 2 N–H and O–H groups in total. The first-order chi connectivity index (χ1) is 9.74. The van der Waals surface area contributed by atoms with Crippen molar-refractivity contribution in [2.45, 2.75) is 13.1 Å². The van der Waals surface area contributed by atoms with Crippen LogP contribution in [0.4, 0.5) is 0 Å². The molecule has 2 heterocycles. The van der Waals surface area contributed by atoms with Crippen molar-refractivity contribution in [3.8, 4) is 11.5 Å². The van der Waals surface area contributed by atoms with E-state index in [0.717, 1.165) is 15.7 Å². The lowest BCUT2D eigenvalue weighted by atomic mass is 10.2. The van der Waals surface area contributed by atoms with Gasteiger partial charge in [0.05, 0.1) is 11.9 Å². The van der Waals surface area contributed by atoms with Crippen molar-refractivity contribution in [2.75, 3.05) is 0 Å². The van der Waals surface area contributed by atoms with Gasteiger partial charge >= 0.3 is 0 Å². The number of benzene rings is 1. The predicted octanol–water partition coefficient (Wildman–Crippen LogP) is 1.60. The number of nitrogens with zero attached hydrogens (tertiary/aromatic N) is 5. The molecule has 0 spiro atoms. The maximum atomic E-state index is 5.60. The van der Waals surface area contributed by atoms with E-state index in [-0.39, 0.29) is 0 Å². The van der Waals surface area contributed by atoms with Crippen molar-refractivity contribution in [3.05, 3.63) is 46.5 Å². The topological polar surface area (TPSA) is 95.7 Å². The summed E-state index contributed by atoms with van der Waals surface area (Å²) in [5.74, 6) is 0.947. The molecule has 2 aromatic heterocycles. The van der Waals surface area contributed by atoms with Crippen LogP contribution in [0.5, 0.6) is 0 Å². The summed E-state index contributed by atoms with van der Waals surface area (Å²) in [6.07, 6.45) is 1.75. The minimum atomic E-state index is 0.355. The lowest BCUT2D eigenvalue weighted by Gasteiger charge is -1.95. The van der Waals surface area contributed by atoms with Gasteiger partial charge in [0, 0.05) is 16.6 Å². The molecule has 0 saturated carbocycles. The van der Waals surface area contributed by atoms with Crippen LogP contribution in [0.1, 0.15) is 11.6 Å². The highest BCUT2D eigenvalue weighted by atomic mass is 79.9. The molecular weight excluding hydrogens is 324 g/mol. The third kappa shape index (κ3) is 2.75. The molecule has 0 bridgehead atoms. The molecule has 0 amide bonds. The highest BCUT2D eigenvalue weighted by molar-refractivity contribution is 9.10. The third-order valence-corrected chi connectivity index (χ3v) is 3.18. The normalized spacial score (nSPS) is 10.9. The van der Waals surface area contributed by atoms with E-state index < -0.39 is 0 Å². The van der Waals surface area contributed by atoms with Crippen LogP contribution in [-0.4, -0.2) is 25.2 Å². The average molecular weight is 335 g/mol. The van der Waals surface area contributed by atoms with Crippen molar-refractivity contribution >= 4 is 15.9 Å². The second kappa shape index (κ2) is 5.51. The van der Waals surface area contributed by atoms with Gasteiger partial charge in [0.15, 0.2) is 0 Å². The molecule has 8 heteroatoms. The summed E-state index contributed by atoms with van der Waals surface area (Å²) in [5, 5.41) is 15.8. The Morgan fingerprint density at radius 3 is 2.65 bits per heavy atom. The maximum absolute atomic E-state index is 5.60. The molecule has 0 aliphatic rings. The zero-order chi connectivity index (χ0) is 13.9. The van der Waals surface area contributed by atoms with Gasteiger partial charge in [-0.25, -0.2) is 4.68 Å². The fourth-order valence-electron chi connectivity index (χ4n) is 1.67. The number of hydrogen-bond acceptors (Lipinski definition) is 6. The fourth-order valence-corrected chi connectivity index (χ4v) is 1.94. The van der Waals surface area contributed by atoms with Crippen molar-refractivity contribution in [3.63, 3.8) is 0 Å². The summed E-state index contributed by atoms with van der Waals surface area (Å²) in [6, 6.07) is 7.65. The van der Waals surface area contributed by atoms with Crippen molar-refractivity contribution < 1.29 is 4.42 Å². The zero-order valence-corrected chi connectivity index (χ0v) is 12.0. The van der Waals surface area contributed by atoms with Gasteiger partial charge in [0.2, 0.25) is 11.8 Å². The van der Waals surface area contributed by atoms with Gasteiger partial charge in [-0.05, 0) is 24.3 Å². The second-order valence-electron chi connectivity index (χ2n) is 4.12. The van der Waals surface area contributed by atoms with E-state index in [1.54, 1.807) is 10.9 Å². The molecule has 20 heavy (non-hydrogen) atoms. The zero-order valence-electron chi connectivity index (χ0n) is 10.4. The van der Waals surface area contributed by atoms with Gasteiger partial charge in [-0.1, -0.05) is 21.1 Å². The molecule has 0 saturated heterocycles. The Hall–Kier alpha value is -2.06. The summed E-state index contributed by atoms with van der Waals surface area (Å²) in [5.41, 5.74) is 7.07. The molecular formula is C12H11BrN6O. The Bertz CT molecular complexity index is 705. The first kappa shape index (κ1) is 12.9. The Morgan fingerprint density at radius 1 is 1.15 bits per heavy atom. The van der Waals surface area contributed by atoms with Gasteiger partial charge in [-0.3, -0.25) is 0 Å². The summed E-state index contributed by atoms with van der Waals surface area (Å²) in [6.45, 7) is 0.727. The molecule has 0 fully saturated rings. The van der Waals surface area contributed by atoms with Crippen LogP contribution < -0.4 is 5.73 Å². The van der Waals surface area contributed by atoms with Crippen LogP contribution in [0, 0.1) is 0 Å². The summed E-state index contributed by atoms with van der Waals surface area (Å²) >= 11 is 3.38. The second-order valence-corrected chi connectivity index (χ2v) is 5.04. The van der Waals surface area contributed by atoms with Gasteiger partial charge in [-0.2, -0.15) is 0 Å². The minimum Gasteiger partial charge on any atom is -0.419 e. The summed E-state index contributed by atoms with van der Waals surface area (Å²) in [4.78, 5) is 0. The van der Waals surface area contributed by atoms with E-state index in [1.165, 1.54) is 0 Å². The Morgan fingerprint density at radius 2 is 1.95 bits per heavy atom. The van der Waals surface area contributed by atoms with E-state index in [4.69, 9.17) is 10.2 Å². The fraction of sp³-hybridized carbons (Fsp3) is 0.167. The van der Waals surface area contributed by atoms with E-state index in [2.05, 4.69) is 36.4 Å². The van der Waals surface area contributed by atoms with Gasteiger partial charge in [-0.15, -0.1) is 15.3 Å². The number of nitrogens with two attached hydrogens (primary N) is 1. The van der Waals surface area contributed by atoms with Crippen LogP contribution in [0.3, 0.4) is 0 Å². The SMILES string of the molecule is NCc1cn(Cc2nnc(-c3ccc(Br)cc3)o2)nn1. The van der Waals surface area contributed by atoms with Gasteiger partial charge in [0.1, 0.15) is 6.54 Å². The van der Waals surface area contributed by atoms with Gasteiger partial charge < -0.3 is 10.2 Å². The molecule has 0 unspecified atom stereocenters. The average Bonchev–Trinajstić information content (AvgIpc) is 3.09. The molecule has 0 atom stereocenters. The monoisotopic (exact) mass is 334 g/mol. The van der Waals surface area contributed by atoms with Crippen molar-refractivity contribution in [1.82, 2.24) is 25.2 Å². The molecule has 7 nitrogen and oxygen atoms in total. The van der Waals surface area contributed by atoms with Crippen LogP contribution in [0.25, 0.3) is 11.5 Å². The Balaban J connectivity index is 1.78. The number of aromatic nitrogens is 5. The first-order valence-corrected chi connectivity index (χ1v) is 6.71. The largest absolute Gasteiger partial charge is 0.419 e. The maximum Gasteiger partial charge on any atom is 0.247 e. The van der Waals surface area contributed by atoms with E-state index in [9.17, 15) is 0 Å². The minimum absolute atomic E-state index is 0.355. The molecule has 0 aliphatic heterocycles. The van der Waals surface area contributed by atoms with Crippen molar-refractivity contribution in [2.24, 2.45) is 5.73 Å². The van der Waals surface area contributed by atoms with E-state index in [1.807, 2.05) is 24.3 Å². The predicted molar refractivity (Wildman–Crippen MR) is 74.4 cm³/mol. The highest BCUT2D eigenvalue weighted by Gasteiger charge is 2.10. The third-order valence-electron chi connectivity index (χ3n) is 2.65. The molecule has 3 rings (SSSR count). The standard InChI is InChI=1S/C12H11BrN6O/c13-9-3-1-8(2-4-9)12-17-16-11(20-12)7-19-6-10(5-14)15-18-19/h1-4,6H,5,7,14H2. The lowest BCUT2D eigenvalue weighted by Crippen LogP contribution is -2.00. The summed E-state index contributed by atoms with van der Waals surface area (Å²) < 4.78 is 8.21. The molecule has 0 radical (unpaired) electrons. The number of hydrogen-bond donors (Lipinski definition) is 1. The Labute approximate surface area is 122 Å². The number of rotatable bonds is 4. The molecule has 0 aliphatic carbocycles. The van der Waals surface area contributed by atoms with Crippen LogP contribution >= 0.6 is 15.9 Å². The van der Waals surface area contributed by atoms with Crippen LogP contribution in [0.15, 0.2) is 39.4 Å².